The van der Waals surface area contributed by atoms with E-state index in [1.807, 2.05) is 0 Å². The largest absolute Gasteiger partial charge is 0.496 e. The Kier molecular flexibility index (Phi) is 3.82. The highest BCUT2D eigenvalue weighted by Crippen LogP contribution is 2.18. The van der Waals surface area contributed by atoms with Crippen LogP contribution in [-0.4, -0.2) is 31.5 Å². The number of carbonyl (C=O) groups is 2. The molecule has 96 valence electrons. The molecule has 5 heteroatoms. The molecule has 1 aliphatic carbocycles. The van der Waals surface area contributed by atoms with Crippen LogP contribution in [0.3, 0.4) is 0 Å². The van der Waals surface area contributed by atoms with Gasteiger partial charge in [-0.05, 0) is 25.0 Å². The molecule has 0 saturated heterocycles. The monoisotopic (exact) mass is 248 g/mol. The molecule has 0 spiro atoms. The second-order valence-electron chi connectivity index (χ2n) is 4.22. The van der Waals surface area contributed by atoms with Gasteiger partial charge >= 0.3 is 0 Å². The fourth-order valence-electron chi connectivity index (χ4n) is 1.59. The van der Waals surface area contributed by atoms with Gasteiger partial charge in [-0.25, -0.2) is 0 Å². The summed E-state index contributed by atoms with van der Waals surface area (Å²) in [6.45, 7) is -0.00657. The number of nitrogens with one attached hydrogen (secondary N) is 2. The lowest BCUT2D eigenvalue weighted by Gasteiger charge is -2.09. The van der Waals surface area contributed by atoms with Crippen molar-refractivity contribution in [3.63, 3.8) is 0 Å². The summed E-state index contributed by atoms with van der Waals surface area (Å²) in [7, 11) is 1.51. The van der Waals surface area contributed by atoms with Crippen LogP contribution in [-0.2, 0) is 4.79 Å². The Hall–Kier alpha value is -2.04. The lowest BCUT2D eigenvalue weighted by atomic mass is 10.2. The van der Waals surface area contributed by atoms with E-state index in [0.717, 1.165) is 12.8 Å². The normalized spacial score (nSPS) is 13.8. The molecule has 1 fully saturated rings. The third-order valence-electron chi connectivity index (χ3n) is 2.70. The molecule has 1 saturated carbocycles. The van der Waals surface area contributed by atoms with Crippen LogP contribution in [0.5, 0.6) is 5.75 Å². The van der Waals surface area contributed by atoms with Gasteiger partial charge in [-0.3, -0.25) is 9.59 Å². The summed E-state index contributed by atoms with van der Waals surface area (Å²) in [5.74, 6) is 0.0387. The molecule has 1 aromatic rings. The number of benzene rings is 1. The summed E-state index contributed by atoms with van der Waals surface area (Å²) < 4.78 is 5.09. The topological polar surface area (TPSA) is 67.4 Å². The summed E-state index contributed by atoms with van der Waals surface area (Å²) in [6, 6.07) is 7.21. The van der Waals surface area contributed by atoms with Crippen LogP contribution in [0.4, 0.5) is 0 Å². The molecule has 1 aromatic carbocycles. The Bertz CT molecular complexity index is 455. The van der Waals surface area contributed by atoms with E-state index in [1.54, 1.807) is 24.3 Å². The summed E-state index contributed by atoms with van der Waals surface area (Å²) in [4.78, 5) is 23.3. The van der Waals surface area contributed by atoms with E-state index in [9.17, 15) is 9.59 Å². The molecule has 0 aliphatic heterocycles. The van der Waals surface area contributed by atoms with Crippen molar-refractivity contribution in [2.45, 2.75) is 18.9 Å². The summed E-state index contributed by atoms with van der Waals surface area (Å²) in [6.07, 6.45) is 2.07. The second kappa shape index (κ2) is 5.53. The molecule has 1 aliphatic rings. The van der Waals surface area contributed by atoms with E-state index in [4.69, 9.17) is 4.74 Å². The second-order valence-corrected chi connectivity index (χ2v) is 4.22. The fraction of sp³-hybridized carbons (Fsp3) is 0.385. The van der Waals surface area contributed by atoms with Gasteiger partial charge in [0, 0.05) is 6.04 Å². The van der Waals surface area contributed by atoms with Gasteiger partial charge in [0.1, 0.15) is 5.75 Å². The number of hydrogen-bond donors (Lipinski definition) is 2. The van der Waals surface area contributed by atoms with Crippen LogP contribution in [0.25, 0.3) is 0 Å². The van der Waals surface area contributed by atoms with E-state index in [2.05, 4.69) is 10.6 Å². The van der Waals surface area contributed by atoms with E-state index in [0.29, 0.717) is 17.4 Å². The maximum absolute atomic E-state index is 11.9. The molecule has 0 unspecified atom stereocenters. The average molecular weight is 248 g/mol. The molecule has 0 radical (unpaired) electrons. The fourth-order valence-corrected chi connectivity index (χ4v) is 1.59. The predicted octanol–water partition coefficient (Wildman–Crippen LogP) is 0.704. The van der Waals surface area contributed by atoms with Crippen LogP contribution in [0.15, 0.2) is 24.3 Å². The average Bonchev–Trinajstić information content (AvgIpc) is 3.19. The standard InChI is InChI=1S/C13H16N2O3/c1-18-11-5-3-2-4-10(11)13(17)14-8-12(16)15-9-6-7-9/h2-5,9H,6-8H2,1H3,(H,14,17)(H,15,16). The van der Waals surface area contributed by atoms with Crippen molar-refractivity contribution in [2.75, 3.05) is 13.7 Å². The van der Waals surface area contributed by atoms with Crippen molar-refractivity contribution in [3.8, 4) is 5.75 Å². The Morgan fingerprint density at radius 3 is 2.72 bits per heavy atom. The quantitative estimate of drug-likeness (QED) is 0.806. The van der Waals surface area contributed by atoms with Gasteiger partial charge in [-0.15, -0.1) is 0 Å². The Labute approximate surface area is 106 Å². The molecule has 2 amide bonds. The van der Waals surface area contributed by atoms with E-state index >= 15 is 0 Å². The number of rotatable bonds is 5. The molecule has 0 bridgehead atoms. The van der Waals surface area contributed by atoms with Gasteiger partial charge in [0.25, 0.3) is 5.91 Å². The minimum Gasteiger partial charge on any atom is -0.496 e. The van der Waals surface area contributed by atoms with Crippen molar-refractivity contribution in [1.29, 1.82) is 0 Å². The van der Waals surface area contributed by atoms with Gasteiger partial charge in [-0.1, -0.05) is 12.1 Å². The molecule has 5 nitrogen and oxygen atoms in total. The van der Waals surface area contributed by atoms with Crippen molar-refractivity contribution in [2.24, 2.45) is 0 Å². The Morgan fingerprint density at radius 1 is 1.33 bits per heavy atom. The van der Waals surface area contributed by atoms with Gasteiger partial charge in [0.05, 0.1) is 19.2 Å². The zero-order valence-corrected chi connectivity index (χ0v) is 10.2. The molecular formula is C13H16N2O3. The van der Waals surface area contributed by atoms with Crippen LogP contribution in [0.2, 0.25) is 0 Å². The van der Waals surface area contributed by atoms with Crippen molar-refractivity contribution in [1.82, 2.24) is 10.6 Å². The van der Waals surface area contributed by atoms with Crippen molar-refractivity contribution >= 4 is 11.8 Å². The van der Waals surface area contributed by atoms with Crippen LogP contribution in [0.1, 0.15) is 23.2 Å². The summed E-state index contributed by atoms with van der Waals surface area (Å²) in [5.41, 5.74) is 0.430. The molecule has 0 aromatic heterocycles. The maximum Gasteiger partial charge on any atom is 0.255 e. The first-order valence-electron chi connectivity index (χ1n) is 5.91. The number of amides is 2. The number of para-hydroxylation sites is 1. The van der Waals surface area contributed by atoms with Crippen LogP contribution >= 0.6 is 0 Å². The Morgan fingerprint density at radius 2 is 2.06 bits per heavy atom. The first-order valence-corrected chi connectivity index (χ1v) is 5.91. The molecule has 0 heterocycles. The number of carbonyl (C=O) groups excluding carboxylic acids is 2. The number of ether oxygens (including phenoxy) is 1. The third kappa shape index (κ3) is 3.23. The zero-order valence-electron chi connectivity index (χ0n) is 10.2. The van der Waals surface area contributed by atoms with Crippen molar-refractivity contribution in [3.05, 3.63) is 29.8 Å². The molecular weight excluding hydrogens is 232 g/mol. The van der Waals surface area contributed by atoms with Gasteiger partial charge in [-0.2, -0.15) is 0 Å². The highest BCUT2D eigenvalue weighted by Gasteiger charge is 2.23. The Balaban J connectivity index is 1.88. The maximum atomic E-state index is 11.9. The van der Waals surface area contributed by atoms with E-state index < -0.39 is 0 Å². The van der Waals surface area contributed by atoms with E-state index in [-0.39, 0.29) is 18.4 Å². The summed E-state index contributed by atoms with van der Waals surface area (Å²) in [5, 5.41) is 5.38. The van der Waals surface area contributed by atoms with Gasteiger partial charge in [0.15, 0.2) is 0 Å². The molecule has 2 rings (SSSR count). The third-order valence-corrected chi connectivity index (χ3v) is 2.70. The highest BCUT2D eigenvalue weighted by atomic mass is 16.5. The van der Waals surface area contributed by atoms with E-state index in [1.165, 1.54) is 7.11 Å². The molecule has 2 N–H and O–H groups in total. The first kappa shape index (κ1) is 12.4. The minimum atomic E-state index is -0.307. The highest BCUT2D eigenvalue weighted by molar-refractivity contribution is 5.98. The molecule has 18 heavy (non-hydrogen) atoms. The predicted molar refractivity (Wildman–Crippen MR) is 66.5 cm³/mol. The van der Waals surface area contributed by atoms with Gasteiger partial charge < -0.3 is 15.4 Å². The smallest absolute Gasteiger partial charge is 0.255 e. The van der Waals surface area contributed by atoms with Gasteiger partial charge in [0.2, 0.25) is 5.91 Å². The molecule has 0 atom stereocenters. The van der Waals surface area contributed by atoms with Crippen LogP contribution < -0.4 is 15.4 Å². The lowest BCUT2D eigenvalue weighted by molar-refractivity contribution is -0.120. The zero-order chi connectivity index (χ0) is 13.0. The van der Waals surface area contributed by atoms with Crippen LogP contribution in [0, 0.1) is 0 Å². The number of methoxy groups -OCH3 is 1. The SMILES string of the molecule is COc1ccccc1C(=O)NCC(=O)NC1CC1. The minimum absolute atomic E-state index is 0.00657. The lowest BCUT2D eigenvalue weighted by Crippen LogP contribution is -2.37. The first-order chi connectivity index (χ1) is 8.70. The van der Waals surface area contributed by atoms with Crippen molar-refractivity contribution < 1.29 is 14.3 Å². The number of hydrogen-bond acceptors (Lipinski definition) is 3. The summed E-state index contributed by atoms with van der Waals surface area (Å²) >= 11 is 0.